The third-order valence-electron chi connectivity index (χ3n) is 1.85. The van der Waals surface area contributed by atoms with Crippen LogP contribution in [-0.4, -0.2) is 22.1 Å². The molecule has 0 bridgehead atoms. The van der Waals surface area contributed by atoms with Crippen LogP contribution in [0.4, 0.5) is 0 Å². The van der Waals surface area contributed by atoms with E-state index in [0.29, 0.717) is 0 Å². The van der Waals surface area contributed by atoms with Crippen LogP contribution in [0.1, 0.15) is 0 Å². The second-order valence-corrected chi connectivity index (χ2v) is 3.55. The molecule has 0 aromatic heterocycles. The highest BCUT2D eigenvalue weighted by atomic mass is 32.2. The molecule has 0 amide bonds. The van der Waals surface area contributed by atoms with E-state index in [1.807, 2.05) is 0 Å². The van der Waals surface area contributed by atoms with E-state index in [1.54, 1.807) is 24.5 Å². The van der Waals surface area contributed by atoms with Crippen molar-refractivity contribution in [1.29, 1.82) is 0 Å². The van der Waals surface area contributed by atoms with Crippen molar-refractivity contribution in [3.8, 4) is 0 Å². The molecule has 4 nitrogen and oxygen atoms in total. The fourth-order valence-electron chi connectivity index (χ4n) is 1.09. The number of allylic oxidation sites excluding steroid dienone is 2. The first-order valence-electron chi connectivity index (χ1n) is 3.45. The maximum absolute atomic E-state index is 10.7. The van der Waals surface area contributed by atoms with E-state index in [1.165, 1.54) is 6.08 Å². The Labute approximate surface area is 74.7 Å². The first-order chi connectivity index (χ1) is 5.63. The smallest absolute Gasteiger partial charge is 0.303 e. The standard InChI is InChI=1S/C7H10N2O2S/c1-12-7(9(10)11)5-3-2-4-6(7)8/h2-6H,8H2,1H3. The SMILES string of the molecule is CSC1([N+](=O)[O-])C=CC=CC1N. The van der Waals surface area contributed by atoms with Crippen LogP contribution >= 0.6 is 11.8 Å². The fraction of sp³-hybridized carbons (Fsp3) is 0.429. The molecule has 1 aliphatic rings. The Morgan fingerprint density at radius 1 is 1.67 bits per heavy atom. The first kappa shape index (κ1) is 9.28. The van der Waals surface area contributed by atoms with Gasteiger partial charge in [0.1, 0.15) is 6.04 Å². The van der Waals surface area contributed by atoms with Crippen molar-refractivity contribution in [1.82, 2.24) is 0 Å². The van der Waals surface area contributed by atoms with Crippen molar-refractivity contribution < 1.29 is 4.92 Å². The van der Waals surface area contributed by atoms with Crippen molar-refractivity contribution in [3.05, 3.63) is 34.4 Å². The average Bonchev–Trinajstić information content (AvgIpc) is 2.05. The Morgan fingerprint density at radius 3 is 2.67 bits per heavy atom. The van der Waals surface area contributed by atoms with Crippen LogP contribution in [0.2, 0.25) is 0 Å². The number of hydrogen-bond acceptors (Lipinski definition) is 4. The van der Waals surface area contributed by atoms with Crippen LogP contribution in [0.25, 0.3) is 0 Å². The third-order valence-corrected chi connectivity index (χ3v) is 3.07. The van der Waals surface area contributed by atoms with Crippen molar-refractivity contribution >= 4 is 11.8 Å². The molecule has 2 atom stereocenters. The zero-order valence-electron chi connectivity index (χ0n) is 6.64. The molecule has 0 heterocycles. The Bertz CT molecular complexity index is 252. The molecular formula is C7H10N2O2S. The Morgan fingerprint density at radius 2 is 2.33 bits per heavy atom. The van der Waals surface area contributed by atoms with Crippen LogP contribution in [0.15, 0.2) is 24.3 Å². The molecule has 1 rings (SSSR count). The Balaban J connectivity index is 3.00. The van der Waals surface area contributed by atoms with Crippen molar-refractivity contribution in [2.75, 3.05) is 6.26 Å². The molecule has 0 aromatic rings. The molecule has 0 fully saturated rings. The summed E-state index contributed by atoms with van der Waals surface area (Å²) in [6.07, 6.45) is 8.24. The normalized spacial score (nSPS) is 33.7. The zero-order valence-corrected chi connectivity index (χ0v) is 7.45. The summed E-state index contributed by atoms with van der Waals surface area (Å²) in [5, 5.41) is 10.7. The third kappa shape index (κ3) is 1.25. The fourth-order valence-corrected chi connectivity index (χ4v) is 1.80. The first-order valence-corrected chi connectivity index (χ1v) is 4.67. The van der Waals surface area contributed by atoms with Crippen LogP contribution in [0.5, 0.6) is 0 Å². The van der Waals surface area contributed by atoms with E-state index in [4.69, 9.17) is 5.73 Å². The minimum atomic E-state index is -1.17. The van der Waals surface area contributed by atoms with Crippen molar-refractivity contribution in [2.24, 2.45) is 5.73 Å². The van der Waals surface area contributed by atoms with Gasteiger partial charge in [-0.2, -0.15) is 0 Å². The summed E-state index contributed by atoms with van der Waals surface area (Å²) in [4.78, 5) is 9.22. The molecule has 2 N–H and O–H groups in total. The van der Waals surface area contributed by atoms with Crippen LogP contribution in [0.3, 0.4) is 0 Å². The largest absolute Gasteiger partial charge is 0.317 e. The van der Waals surface area contributed by atoms with E-state index in [2.05, 4.69) is 0 Å². The Kier molecular flexibility index (Phi) is 2.54. The van der Waals surface area contributed by atoms with Gasteiger partial charge in [-0.05, 0) is 6.26 Å². The summed E-state index contributed by atoms with van der Waals surface area (Å²) in [6.45, 7) is 0. The van der Waals surface area contributed by atoms with Crippen molar-refractivity contribution in [3.63, 3.8) is 0 Å². The highest BCUT2D eigenvalue weighted by molar-refractivity contribution is 8.00. The van der Waals surface area contributed by atoms with Gasteiger partial charge in [0.2, 0.25) is 0 Å². The van der Waals surface area contributed by atoms with Gasteiger partial charge in [-0.25, -0.2) is 0 Å². The molecule has 0 spiro atoms. The van der Waals surface area contributed by atoms with E-state index in [0.717, 1.165) is 11.8 Å². The van der Waals surface area contributed by atoms with Gasteiger partial charge in [0.15, 0.2) is 0 Å². The predicted octanol–water partition coefficient (Wildman–Crippen LogP) is 0.776. The highest BCUT2D eigenvalue weighted by Crippen LogP contribution is 2.30. The molecule has 1 aliphatic carbocycles. The maximum Gasteiger partial charge on any atom is 0.303 e. The summed E-state index contributed by atoms with van der Waals surface area (Å²) in [6, 6.07) is -0.549. The van der Waals surface area contributed by atoms with Crippen molar-refractivity contribution in [2.45, 2.75) is 10.9 Å². The molecular weight excluding hydrogens is 176 g/mol. The van der Waals surface area contributed by atoms with Gasteiger partial charge in [-0.15, -0.1) is 0 Å². The van der Waals surface area contributed by atoms with Crippen LogP contribution in [0, 0.1) is 10.1 Å². The van der Waals surface area contributed by atoms with Gasteiger partial charge in [-0.1, -0.05) is 30.0 Å². The topological polar surface area (TPSA) is 69.2 Å². The monoisotopic (exact) mass is 186 g/mol. The summed E-state index contributed by atoms with van der Waals surface area (Å²) in [5.41, 5.74) is 5.62. The molecule has 0 aromatic carbocycles. The number of thioether (sulfide) groups is 1. The summed E-state index contributed by atoms with van der Waals surface area (Å²) in [5.74, 6) is 0. The lowest BCUT2D eigenvalue weighted by atomic mass is 10.0. The summed E-state index contributed by atoms with van der Waals surface area (Å²) >= 11 is 1.15. The molecule has 2 unspecified atom stereocenters. The lowest BCUT2D eigenvalue weighted by molar-refractivity contribution is -0.525. The zero-order chi connectivity index (χ0) is 9.19. The quantitative estimate of drug-likeness (QED) is 0.393. The number of nitro groups is 1. The maximum atomic E-state index is 10.7. The Hall–Kier alpha value is -0.810. The number of hydrogen-bond donors (Lipinski definition) is 1. The second kappa shape index (κ2) is 3.28. The molecule has 0 saturated heterocycles. The number of nitrogens with zero attached hydrogens (tertiary/aromatic N) is 1. The van der Waals surface area contributed by atoms with Crippen LogP contribution < -0.4 is 5.73 Å². The molecule has 0 radical (unpaired) electrons. The number of rotatable bonds is 2. The van der Waals surface area contributed by atoms with E-state index >= 15 is 0 Å². The highest BCUT2D eigenvalue weighted by Gasteiger charge is 2.45. The molecule has 66 valence electrons. The minimum absolute atomic E-state index is 0.345. The van der Waals surface area contributed by atoms with Gasteiger partial charge in [0.05, 0.1) is 0 Å². The average molecular weight is 186 g/mol. The van der Waals surface area contributed by atoms with Gasteiger partial charge in [-0.3, -0.25) is 10.1 Å². The van der Waals surface area contributed by atoms with Gasteiger partial charge < -0.3 is 5.73 Å². The molecule has 12 heavy (non-hydrogen) atoms. The van der Waals surface area contributed by atoms with Gasteiger partial charge in [0.25, 0.3) is 0 Å². The van der Waals surface area contributed by atoms with Gasteiger partial charge >= 0.3 is 4.87 Å². The lowest BCUT2D eigenvalue weighted by Crippen LogP contribution is -2.49. The minimum Gasteiger partial charge on any atom is -0.317 e. The van der Waals surface area contributed by atoms with Crippen LogP contribution in [-0.2, 0) is 0 Å². The molecule has 0 aliphatic heterocycles. The summed E-state index contributed by atoms with van der Waals surface area (Å²) in [7, 11) is 0. The summed E-state index contributed by atoms with van der Waals surface area (Å²) < 4.78 is 0. The van der Waals surface area contributed by atoms with E-state index < -0.39 is 10.9 Å². The second-order valence-electron chi connectivity index (χ2n) is 2.48. The predicted molar refractivity (Wildman–Crippen MR) is 49.5 cm³/mol. The number of nitrogens with two attached hydrogens (primary N) is 1. The molecule has 0 saturated carbocycles. The van der Waals surface area contributed by atoms with Gasteiger partial charge in [0, 0.05) is 11.0 Å². The van der Waals surface area contributed by atoms with E-state index in [9.17, 15) is 10.1 Å². The van der Waals surface area contributed by atoms with E-state index in [-0.39, 0.29) is 4.92 Å². The lowest BCUT2D eigenvalue weighted by Gasteiger charge is -2.25. The molecule has 5 heteroatoms.